The van der Waals surface area contributed by atoms with Crippen molar-refractivity contribution in [3.8, 4) is 5.75 Å². The first kappa shape index (κ1) is 13.7. The number of pyridine rings is 1. The quantitative estimate of drug-likeness (QED) is 0.593. The largest absolute Gasteiger partial charge is 0.493 e. The van der Waals surface area contributed by atoms with Crippen LogP contribution in [0, 0.1) is 12.8 Å². The second-order valence-electron chi connectivity index (χ2n) is 5.24. The van der Waals surface area contributed by atoms with Crippen molar-refractivity contribution in [2.24, 2.45) is 5.92 Å². The van der Waals surface area contributed by atoms with E-state index in [4.69, 9.17) is 16.3 Å². The van der Waals surface area contributed by atoms with Gasteiger partial charge in [-0.1, -0.05) is 25.7 Å². The Kier molecular flexibility index (Phi) is 5.30. The van der Waals surface area contributed by atoms with Crippen LogP contribution in [-0.2, 0) is 5.88 Å². The SMILES string of the molecule is Cc1cc(OCC2CCCCCC2)c(CCl)cn1. The average Bonchev–Trinajstić information content (AvgIpc) is 2.65. The maximum absolute atomic E-state index is 5.98. The Bertz CT molecular complexity index is 373. The summed E-state index contributed by atoms with van der Waals surface area (Å²) >= 11 is 5.91. The molecule has 0 saturated heterocycles. The lowest BCUT2D eigenvalue weighted by Crippen LogP contribution is -2.12. The van der Waals surface area contributed by atoms with Gasteiger partial charge in [0.05, 0.1) is 12.5 Å². The van der Waals surface area contributed by atoms with E-state index in [1.807, 2.05) is 19.2 Å². The van der Waals surface area contributed by atoms with Crippen LogP contribution in [0.4, 0.5) is 0 Å². The standard InChI is InChI=1S/C15H22ClNO/c1-12-8-15(14(9-16)10-17-12)18-11-13-6-4-2-3-5-7-13/h8,10,13H,2-7,9,11H2,1H3. The second kappa shape index (κ2) is 6.98. The molecule has 1 fully saturated rings. The third kappa shape index (κ3) is 3.88. The average molecular weight is 268 g/mol. The van der Waals surface area contributed by atoms with E-state index < -0.39 is 0 Å². The molecule has 1 saturated carbocycles. The molecule has 3 heteroatoms. The van der Waals surface area contributed by atoms with Crippen LogP contribution in [0.1, 0.15) is 49.8 Å². The van der Waals surface area contributed by atoms with Crippen LogP contribution in [-0.4, -0.2) is 11.6 Å². The Morgan fingerprint density at radius 1 is 1.28 bits per heavy atom. The van der Waals surface area contributed by atoms with E-state index >= 15 is 0 Å². The molecule has 0 N–H and O–H groups in total. The van der Waals surface area contributed by atoms with Crippen molar-refractivity contribution < 1.29 is 4.74 Å². The van der Waals surface area contributed by atoms with Crippen molar-refractivity contribution in [3.05, 3.63) is 23.5 Å². The van der Waals surface area contributed by atoms with Crippen LogP contribution < -0.4 is 4.74 Å². The smallest absolute Gasteiger partial charge is 0.127 e. The minimum atomic E-state index is 0.466. The van der Waals surface area contributed by atoms with Gasteiger partial charge in [0, 0.05) is 23.5 Å². The van der Waals surface area contributed by atoms with Gasteiger partial charge in [-0.3, -0.25) is 4.98 Å². The Morgan fingerprint density at radius 2 is 2.00 bits per heavy atom. The fourth-order valence-electron chi connectivity index (χ4n) is 2.54. The van der Waals surface area contributed by atoms with Gasteiger partial charge in [0.25, 0.3) is 0 Å². The number of nitrogens with zero attached hydrogens (tertiary/aromatic N) is 1. The molecule has 1 aromatic heterocycles. The molecule has 0 atom stereocenters. The highest BCUT2D eigenvalue weighted by Crippen LogP contribution is 2.26. The molecule has 18 heavy (non-hydrogen) atoms. The Morgan fingerprint density at radius 3 is 2.67 bits per heavy atom. The molecule has 1 aromatic rings. The zero-order valence-electron chi connectivity index (χ0n) is 11.1. The van der Waals surface area contributed by atoms with E-state index in [0.717, 1.165) is 23.6 Å². The zero-order chi connectivity index (χ0) is 12.8. The van der Waals surface area contributed by atoms with Crippen LogP contribution in [0.2, 0.25) is 0 Å². The number of alkyl halides is 1. The number of halogens is 1. The minimum Gasteiger partial charge on any atom is -0.493 e. The van der Waals surface area contributed by atoms with E-state index in [1.165, 1.54) is 38.5 Å². The highest BCUT2D eigenvalue weighted by molar-refractivity contribution is 6.17. The van der Waals surface area contributed by atoms with Gasteiger partial charge in [-0.25, -0.2) is 0 Å². The van der Waals surface area contributed by atoms with Crippen molar-refractivity contribution in [1.29, 1.82) is 0 Å². The summed E-state index contributed by atoms with van der Waals surface area (Å²) in [5.74, 6) is 2.10. The predicted molar refractivity (Wildman–Crippen MR) is 75.2 cm³/mol. The van der Waals surface area contributed by atoms with E-state index in [1.54, 1.807) is 0 Å². The van der Waals surface area contributed by atoms with Crippen molar-refractivity contribution in [1.82, 2.24) is 4.98 Å². The van der Waals surface area contributed by atoms with Gasteiger partial charge < -0.3 is 4.74 Å². The third-order valence-electron chi connectivity index (χ3n) is 3.67. The third-order valence-corrected chi connectivity index (χ3v) is 3.96. The summed E-state index contributed by atoms with van der Waals surface area (Å²) in [4.78, 5) is 4.26. The van der Waals surface area contributed by atoms with Crippen molar-refractivity contribution >= 4 is 11.6 Å². The number of rotatable bonds is 4. The molecule has 0 radical (unpaired) electrons. The first-order valence-electron chi connectivity index (χ1n) is 6.94. The Labute approximate surface area is 115 Å². The number of aryl methyl sites for hydroxylation is 1. The molecular weight excluding hydrogens is 246 g/mol. The van der Waals surface area contributed by atoms with Crippen molar-refractivity contribution in [3.63, 3.8) is 0 Å². The van der Waals surface area contributed by atoms with Gasteiger partial charge in [-0.05, 0) is 25.7 Å². The van der Waals surface area contributed by atoms with Crippen LogP contribution in [0.25, 0.3) is 0 Å². The minimum absolute atomic E-state index is 0.466. The van der Waals surface area contributed by atoms with E-state index in [2.05, 4.69) is 4.98 Å². The summed E-state index contributed by atoms with van der Waals surface area (Å²) in [5.41, 5.74) is 1.98. The van der Waals surface area contributed by atoms with Gasteiger partial charge in [0.2, 0.25) is 0 Å². The number of hydrogen-bond donors (Lipinski definition) is 0. The van der Waals surface area contributed by atoms with Gasteiger partial charge in [0.15, 0.2) is 0 Å². The lowest BCUT2D eigenvalue weighted by molar-refractivity contribution is 0.232. The molecule has 2 nitrogen and oxygen atoms in total. The summed E-state index contributed by atoms with van der Waals surface area (Å²) < 4.78 is 5.98. The van der Waals surface area contributed by atoms with E-state index in [0.29, 0.717) is 11.8 Å². The molecule has 0 amide bonds. The highest BCUT2D eigenvalue weighted by Gasteiger charge is 2.14. The van der Waals surface area contributed by atoms with Crippen LogP contribution in [0.5, 0.6) is 5.75 Å². The second-order valence-corrected chi connectivity index (χ2v) is 5.50. The first-order valence-corrected chi connectivity index (χ1v) is 7.47. The van der Waals surface area contributed by atoms with E-state index in [-0.39, 0.29) is 0 Å². The fourth-order valence-corrected chi connectivity index (χ4v) is 2.74. The van der Waals surface area contributed by atoms with Crippen LogP contribution in [0.3, 0.4) is 0 Å². The molecule has 0 aliphatic heterocycles. The maximum atomic E-state index is 5.98. The summed E-state index contributed by atoms with van der Waals surface area (Å²) in [7, 11) is 0. The van der Waals surface area contributed by atoms with Gasteiger partial charge in [-0.2, -0.15) is 0 Å². The van der Waals surface area contributed by atoms with Crippen LogP contribution in [0.15, 0.2) is 12.3 Å². The lowest BCUT2D eigenvalue weighted by atomic mass is 10.0. The number of aromatic nitrogens is 1. The topological polar surface area (TPSA) is 22.1 Å². The molecule has 100 valence electrons. The van der Waals surface area contributed by atoms with Gasteiger partial charge >= 0.3 is 0 Å². The molecule has 0 bridgehead atoms. The summed E-state index contributed by atoms with van der Waals surface area (Å²) in [5, 5.41) is 0. The fraction of sp³-hybridized carbons (Fsp3) is 0.667. The highest BCUT2D eigenvalue weighted by atomic mass is 35.5. The van der Waals surface area contributed by atoms with Gasteiger partial charge in [0.1, 0.15) is 5.75 Å². The lowest BCUT2D eigenvalue weighted by Gasteiger charge is -2.16. The summed E-state index contributed by atoms with van der Waals surface area (Å²) in [6.45, 7) is 2.81. The molecule has 2 rings (SSSR count). The Balaban J connectivity index is 1.94. The number of hydrogen-bond acceptors (Lipinski definition) is 2. The van der Waals surface area contributed by atoms with Crippen molar-refractivity contribution in [2.45, 2.75) is 51.3 Å². The van der Waals surface area contributed by atoms with Crippen molar-refractivity contribution in [2.75, 3.05) is 6.61 Å². The first-order chi connectivity index (χ1) is 8.79. The molecule has 0 spiro atoms. The predicted octanol–water partition coefficient (Wildman–Crippen LogP) is 4.48. The van der Waals surface area contributed by atoms with E-state index in [9.17, 15) is 0 Å². The molecule has 0 unspecified atom stereocenters. The summed E-state index contributed by atoms with van der Waals surface area (Å²) in [6, 6.07) is 1.99. The molecular formula is C15H22ClNO. The summed E-state index contributed by atoms with van der Waals surface area (Å²) in [6.07, 6.45) is 9.92. The monoisotopic (exact) mass is 267 g/mol. The van der Waals surface area contributed by atoms with Crippen LogP contribution >= 0.6 is 11.6 Å². The maximum Gasteiger partial charge on any atom is 0.127 e. The molecule has 1 aliphatic carbocycles. The normalized spacial score (nSPS) is 17.4. The molecule has 0 aromatic carbocycles. The van der Waals surface area contributed by atoms with Gasteiger partial charge in [-0.15, -0.1) is 11.6 Å². The molecule has 1 aliphatic rings. The zero-order valence-corrected chi connectivity index (χ0v) is 11.9. The Hall–Kier alpha value is -0.760. The number of ether oxygens (including phenoxy) is 1. The molecule has 1 heterocycles.